The van der Waals surface area contributed by atoms with Crippen molar-refractivity contribution in [3.63, 3.8) is 0 Å². The first-order valence-corrected chi connectivity index (χ1v) is 8.14. The second-order valence-electron chi connectivity index (χ2n) is 5.75. The average molecular weight is 307 g/mol. The number of hydrogen-bond donors (Lipinski definition) is 3. The number of aromatic amines is 1. The summed E-state index contributed by atoms with van der Waals surface area (Å²) in [4.78, 5) is 4.87. The van der Waals surface area contributed by atoms with Gasteiger partial charge < -0.3 is 10.2 Å². The molecule has 0 bridgehead atoms. The van der Waals surface area contributed by atoms with E-state index in [0.717, 1.165) is 31.7 Å². The highest BCUT2D eigenvalue weighted by Crippen LogP contribution is 2.28. The van der Waals surface area contributed by atoms with Crippen LogP contribution in [0, 0.1) is 0 Å². The van der Waals surface area contributed by atoms with E-state index in [4.69, 9.17) is 0 Å². The zero-order chi connectivity index (χ0) is 14.7. The van der Waals surface area contributed by atoms with Gasteiger partial charge in [-0.05, 0) is 44.0 Å². The van der Waals surface area contributed by atoms with Crippen LogP contribution in [0.15, 0.2) is 24.4 Å². The average Bonchev–Trinajstić information content (AvgIpc) is 3.12. The van der Waals surface area contributed by atoms with Crippen molar-refractivity contribution in [1.29, 1.82) is 0 Å². The molecule has 1 aliphatic heterocycles. The Morgan fingerprint density at radius 3 is 2.95 bits per heavy atom. The normalized spacial score (nSPS) is 24.1. The highest BCUT2D eigenvalue weighted by atomic mass is 32.1. The first-order chi connectivity index (χ1) is 10.2. The molecule has 1 atom stereocenters. The van der Waals surface area contributed by atoms with Gasteiger partial charge in [-0.3, -0.25) is 10.00 Å². The fraction of sp³-hybridized carbons (Fsp3) is 0.533. The van der Waals surface area contributed by atoms with E-state index in [1.54, 1.807) is 17.5 Å². The molecule has 6 heteroatoms. The van der Waals surface area contributed by atoms with Crippen molar-refractivity contribution in [2.24, 2.45) is 0 Å². The number of rotatable bonds is 4. The van der Waals surface area contributed by atoms with E-state index in [1.165, 1.54) is 9.75 Å². The molecular weight excluding hydrogens is 286 g/mol. The zero-order valence-electron chi connectivity index (χ0n) is 12.0. The lowest BCUT2D eigenvalue weighted by Gasteiger charge is -2.24. The van der Waals surface area contributed by atoms with E-state index < -0.39 is 5.60 Å². The minimum atomic E-state index is -0.884. The Balaban J connectivity index is 1.62. The number of thiophene rings is 1. The maximum Gasteiger partial charge on any atom is 0.0890 e. The third-order valence-corrected chi connectivity index (χ3v) is 5.21. The Kier molecular flexibility index (Phi) is 4.40. The van der Waals surface area contributed by atoms with Gasteiger partial charge in [-0.15, -0.1) is 11.3 Å². The SMILES string of the molecule is OC[C@@]1(O)CCCN(Cc2ccc(-c3ccn[nH]3)s2)CC1. The third-order valence-electron chi connectivity index (χ3n) is 4.11. The molecule has 0 unspecified atom stereocenters. The molecule has 0 amide bonds. The summed E-state index contributed by atoms with van der Waals surface area (Å²) in [5.41, 5.74) is 0.169. The van der Waals surface area contributed by atoms with Gasteiger partial charge in [0.25, 0.3) is 0 Å². The summed E-state index contributed by atoms with van der Waals surface area (Å²) in [5, 5.41) is 26.4. The minimum Gasteiger partial charge on any atom is -0.393 e. The molecule has 0 radical (unpaired) electrons. The number of hydrogen-bond acceptors (Lipinski definition) is 5. The molecule has 3 heterocycles. The van der Waals surface area contributed by atoms with Crippen LogP contribution >= 0.6 is 11.3 Å². The van der Waals surface area contributed by atoms with E-state index in [9.17, 15) is 10.2 Å². The number of aromatic nitrogens is 2. The van der Waals surface area contributed by atoms with Crippen molar-refractivity contribution in [2.45, 2.75) is 31.4 Å². The predicted molar refractivity (Wildman–Crippen MR) is 83.1 cm³/mol. The second kappa shape index (κ2) is 6.27. The molecule has 5 nitrogen and oxygen atoms in total. The van der Waals surface area contributed by atoms with E-state index in [0.29, 0.717) is 12.8 Å². The fourth-order valence-electron chi connectivity index (χ4n) is 2.77. The highest BCUT2D eigenvalue weighted by molar-refractivity contribution is 7.15. The maximum atomic E-state index is 10.2. The molecule has 1 saturated heterocycles. The number of nitrogens with zero attached hydrogens (tertiary/aromatic N) is 2. The van der Waals surface area contributed by atoms with Crippen LogP contribution in [0.2, 0.25) is 0 Å². The summed E-state index contributed by atoms with van der Waals surface area (Å²) in [6.45, 7) is 2.57. The number of nitrogens with one attached hydrogen (secondary N) is 1. The summed E-state index contributed by atoms with van der Waals surface area (Å²) < 4.78 is 0. The predicted octanol–water partition coefficient (Wildman–Crippen LogP) is 1.85. The molecule has 2 aromatic heterocycles. The van der Waals surface area contributed by atoms with Gasteiger partial charge in [0.2, 0.25) is 0 Å². The molecule has 2 aromatic rings. The topological polar surface area (TPSA) is 72.4 Å². The van der Waals surface area contributed by atoms with Crippen LogP contribution < -0.4 is 0 Å². The van der Waals surface area contributed by atoms with Crippen molar-refractivity contribution in [3.8, 4) is 10.6 Å². The van der Waals surface area contributed by atoms with E-state index in [2.05, 4.69) is 27.2 Å². The Labute approximate surface area is 128 Å². The van der Waals surface area contributed by atoms with Gasteiger partial charge in [0.05, 0.1) is 22.8 Å². The summed E-state index contributed by atoms with van der Waals surface area (Å²) in [5.74, 6) is 0. The molecular formula is C15H21N3O2S. The molecule has 3 N–H and O–H groups in total. The molecule has 0 spiro atoms. The molecule has 3 rings (SSSR count). The van der Waals surface area contributed by atoms with Crippen molar-refractivity contribution in [2.75, 3.05) is 19.7 Å². The largest absolute Gasteiger partial charge is 0.393 e. The number of aliphatic hydroxyl groups is 2. The first kappa shape index (κ1) is 14.7. The van der Waals surface area contributed by atoms with Gasteiger partial charge in [0.15, 0.2) is 0 Å². The van der Waals surface area contributed by atoms with Crippen LogP contribution in [-0.4, -0.2) is 50.6 Å². The first-order valence-electron chi connectivity index (χ1n) is 7.33. The van der Waals surface area contributed by atoms with Crippen LogP contribution in [0.25, 0.3) is 10.6 Å². The Morgan fingerprint density at radius 2 is 2.19 bits per heavy atom. The van der Waals surface area contributed by atoms with Crippen LogP contribution in [0.4, 0.5) is 0 Å². The van der Waals surface area contributed by atoms with Gasteiger partial charge in [0, 0.05) is 24.2 Å². The summed E-state index contributed by atoms with van der Waals surface area (Å²) in [7, 11) is 0. The smallest absolute Gasteiger partial charge is 0.0890 e. The lowest BCUT2D eigenvalue weighted by atomic mass is 9.96. The van der Waals surface area contributed by atoms with Gasteiger partial charge in [-0.1, -0.05) is 0 Å². The van der Waals surface area contributed by atoms with Crippen molar-refractivity contribution >= 4 is 11.3 Å². The number of likely N-dealkylation sites (tertiary alicyclic amines) is 1. The van der Waals surface area contributed by atoms with E-state index >= 15 is 0 Å². The Hall–Kier alpha value is -1.21. The van der Waals surface area contributed by atoms with Gasteiger partial charge in [-0.2, -0.15) is 5.10 Å². The number of H-pyrrole nitrogens is 1. The lowest BCUT2D eigenvalue weighted by Crippen LogP contribution is -2.34. The molecule has 0 aromatic carbocycles. The minimum absolute atomic E-state index is 0.135. The summed E-state index contributed by atoms with van der Waals surface area (Å²) in [6, 6.07) is 6.25. The lowest BCUT2D eigenvalue weighted by molar-refractivity contribution is -0.0255. The molecule has 21 heavy (non-hydrogen) atoms. The van der Waals surface area contributed by atoms with Crippen molar-refractivity contribution in [1.82, 2.24) is 15.1 Å². The van der Waals surface area contributed by atoms with Gasteiger partial charge >= 0.3 is 0 Å². The standard InChI is InChI=1S/C15H21N3O2S/c19-11-15(20)5-1-8-18(9-6-15)10-12-2-3-14(21-12)13-4-7-16-17-13/h2-4,7,19-20H,1,5-6,8-11H2,(H,16,17)/t15-/m1/s1. The number of aliphatic hydroxyl groups excluding tert-OH is 1. The molecule has 114 valence electrons. The maximum absolute atomic E-state index is 10.2. The third kappa shape index (κ3) is 3.52. The molecule has 1 fully saturated rings. The summed E-state index contributed by atoms with van der Waals surface area (Å²) >= 11 is 1.77. The van der Waals surface area contributed by atoms with E-state index in [-0.39, 0.29) is 6.61 Å². The van der Waals surface area contributed by atoms with Gasteiger partial charge in [-0.25, -0.2) is 0 Å². The Morgan fingerprint density at radius 1 is 1.29 bits per heavy atom. The van der Waals surface area contributed by atoms with Crippen LogP contribution in [0.3, 0.4) is 0 Å². The second-order valence-corrected chi connectivity index (χ2v) is 6.92. The molecule has 0 saturated carbocycles. The van der Waals surface area contributed by atoms with Crippen LogP contribution in [0.1, 0.15) is 24.1 Å². The highest BCUT2D eigenvalue weighted by Gasteiger charge is 2.29. The van der Waals surface area contributed by atoms with Gasteiger partial charge in [0.1, 0.15) is 0 Å². The van der Waals surface area contributed by atoms with Crippen LogP contribution in [0.5, 0.6) is 0 Å². The quantitative estimate of drug-likeness (QED) is 0.806. The zero-order valence-corrected chi connectivity index (χ0v) is 12.8. The van der Waals surface area contributed by atoms with Crippen molar-refractivity contribution in [3.05, 3.63) is 29.3 Å². The monoisotopic (exact) mass is 307 g/mol. The van der Waals surface area contributed by atoms with Crippen LogP contribution in [-0.2, 0) is 6.54 Å². The molecule has 1 aliphatic rings. The molecule has 0 aliphatic carbocycles. The summed E-state index contributed by atoms with van der Waals surface area (Å²) in [6.07, 6.45) is 4.02. The Bertz CT molecular complexity index is 569. The fourth-order valence-corrected chi connectivity index (χ4v) is 3.80. The van der Waals surface area contributed by atoms with Crippen molar-refractivity contribution < 1.29 is 10.2 Å². The van der Waals surface area contributed by atoms with E-state index in [1.807, 2.05) is 6.07 Å².